The van der Waals surface area contributed by atoms with Gasteiger partial charge in [-0.2, -0.15) is 0 Å². The van der Waals surface area contributed by atoms with Gasteiger partial charge in [0, 0.05) is 18.8 Å². The minimum Gasteiger partial charge on any atom is -0.327 e. The molecule has 5 nitrogen and oxygen atoms in total. The van der Waals surface area contributed by atoms with E-state index in [0.29, 0.717) is 18.9 Å². The van der Waals surface area contributed by atoms with Crippen LogP contribution in [0.3, 0.4) is 0 Å². The van der Waals surface area contributed by atoms with Crippen molar-refractivity contribution in [1.82, 2.24) is 9.88 Å². The number of nitrogens with one attached hydrogen (secondary N) is 1. The Labute approximate surface area is 112 Å². The second kappa shape index (κ2) is 7.10. The summed E-state index contributed by atoms with van der Waals surface area (Å²) in [7, 11) is 0. The van der Waals surface area contributed by atoms with Gasteiger partial charge in [-0.15, -0.1) is 13.2 Å². The molecule has 0 aliphatic heterocycles. The summed E-state index contributed by atoms with van der Waals surface area (Å²) in [5.74, 6) is -1.000. The van der Waals surface area contributed by atoms with Crippen molar-refractivity contribution in [2.45, 2.75) is 6.92 Å². The van der Waals surface area contributed by atoms with Gasteiger partial charge in [0.2, 0.25) is 0 Å². The number of anilines is 1. The SMILES string of the molecule is C=CCN(CC=C)C(=O)C(=O)Nc1cccc(C)n1. The standard InChI is InChI=1S/C14H17N3O2/c1-4-9-17(10-5-2)14(19)13(18)16-12-8-6-7-11(3)15-12/h4-8H,1-2,9-10H2,3H3,(H,15,16,18). The molecular formula is C14H17N3O2. The third kappa shape index (κ3) is 4.39. The lowest BCUT2D eigenvalue weighted by Gasteiger charge is -2.18. The van der Waals surface area contributed by atoms with Gasteiger partial charge in [-0.3, -0.25) is 9.59 Å². The maximum absolute atomic E-state index is 11.9. The van der Waals surface area contributed by atoms with Gasteiger partial charge in [-0.05, 0) is 19.1 Å². The van der Waals surface area contributed by atoms with E-state index < -0.39 is 11.8 Å². The van der Waals surface area contributed by atoms with Crippen LogP contribution in [0.5, 0.6) is 0 Å². The van der Waals surface area contributed by atoms with Gasteiger partial charge in [0.15, 0.2) is 0 Å². The summed E-state index contributed by atoms with van der Waals surface area (Å²) in [6.45, 7) is 9.48. The first kappa shape index (κ1) is 14.6. The molecule has 1 aromatic rings. The smallest absolute Gasteiger partial charge is 0.315 e. The number of aryl methyl sites for hydroxylation is 1. The van der Waals surface area contributed by atoms with Crippen LogP contribution < -0.4 is 5.32 Å². The summed E-state index contributed by atoms with van der Waals surface area (Å²) in [6, 6.07) is 5.19. The zero-order valence-electron chi connectivity index (χ0n) is 10.9. The molecule has 5 heteroatoms. The van der Waals surface area contributed by atoms with E-state index in [0.717, 1.165) is 5.69 Å². The molecule has 0 saturated heterocycles. The number of hydrogen-bond acceptors (Lipinski definition) is 3. The van der Waals surface area contributed by atoms with E-state index in [2.05, 4.69) is 23.5 Å². The van der Waals surface area contributed by atoms with Gasteiger partial charge in [0.05, 0.1) is 0 Å². The highest BCUT2D eigenvalue weighted by atomic mass is 16.2. The number of aromatic nitrogens is 1. The molecular weight excluding hydrogens is 242 g/mol. The van der Waals surface area contributed by atoms with Crippen molar-refractivity contribution in [3.05, 3.63) is 49.2 Å². The van der Waals surface area contributed by atoms with Gasteiger partial charge in [-0.25, -0.2) is 4.98 Å². The van der Waals surface area contributed by atoms with Crippen LogP contribution >= 0.6 is 0 Å². The molecule has 0 fully saturated rings. The van der Waals surface area contributed by atoms with Crippen LogP contribution in [0.1, 0.15) is 5.69 Å². The number of rotatable bonds is 5. The Morgan fingerprint density at radius 3 is 2.47 bits per heavy atom. The monoisotopic (exact) mass is 259 g/mol. The fourth-order valence-corrected chi connectivity index (χ4v) is 1.48. The summed E-state index contributed by atoms with van der Waals surface area (Å²) in [4.78, 5) is 29.1. The van der Waals surface area contributed by atoms with Crippen molar-refractivity contribution in [2.75, 3.05) is 18.4 Å². The van der Waals surface area contributed by atoms with E-state index in [-0.39, 0.29) is 0 Å². The first-order chi connectivity index (χ1) is 9.08. The molecule has 0 aliphatic rings. The molecule has 0 radical (unpaired) electrons. The van der Waals surface area contributed by atoms with Crippen molar-refractivity contribution < 1.29 is 9.59 Å². The highest BCUT2D eigenvalue weighted by Crippen LogP contribution is 2.04. The first-order valence-electron chi connectivity index (χ1n) is 5.84. The largest absolute Gasteiger partial charge is 0.327 e. The molecule has 0 spiro atoms. The summed E-state index contributed by atoms with van der Waals surface area (Å²) in [5.41, 5.74) is 0.763. The number of amides is 2. The van der Waals surface area contributed by atoms with Gasteiger partial charge >= 0.3 is 11.8 Å². The predicted octanol–water partition coefficient (Wildman–Crippen LogP) is 1.53. The Hall–Kier alpha value is -2.43. The van der Waals surface area contributed by atoms with Crippen molar-refractivity contribution in [1.29, 1.82) is 0 Å². The van der Waals surface area contributed by atoms with E-state index in [1.165, 1.54) is 4.90 Å². The van der Waals surface area contributed by atoms with Gasteiger partial charge in [0.1, 0.15) is 5.82 Å². The summed E-state index contributed by atoms with van der Waals surface area (Å²) in [5, 5.41) is 2.47. The molecule has 0 atom stereocenters. The van der Waals surface area contributed by atoms with E-state index in [1.54, 1.807) is 37.3 Å². The predicted molar refractivity (Wildman–Crippen MR) is 74.6 cm³/mol. The van der Waals surface area contributed by atoms with E-state index >= 15 is 0 Å². The van der Waals surface area contributed by atoms with E-state index in [4.69, 9.17) is 0 Å². The average Bonchev–Trinajstić information content (AvgIpc) is 2.37. The highest BCUT2D eigenvalue weighted by molar-refractivity contribution is 6.39. The molecule has 0 aliphatic carbocycles. The Balaban J connectivity index is 2.73. The highest BCUT2D eigenvalue weighted by Gasteiger charge is 2.20. The molecule has 100 valence electrons. The minimum atomic E-state index is -0.721. The average molecular weight is 259 g/mol. The van der Waals surface area contributed by atoms with Crippen molar-refractivity contribution in [3.8, 4) is 0 Å². The molecule has 0 unspecified atom stereocenters. The minimum absolute atomic E-state index is 0.291. The van der Waals surface area contributed by atoms with Crippen molar-refractivity contribution >= 4 is 17.6 Å². The van der Waals surface area contributed by atoms with Crippen molar-refractivity contribution in [2.24, 2.45) is 0 Å². The normalized spacial score (nSPS) is 9.53. The molecule has 2 amide bonds. The molecule has 1 N–H and O–H groups in total. The Kier molecular flexibility index (Phi) is 5.47. The van der Waals surface area contributed by atoms with Gasteiger partial charge in [-0.1, -0.05) is 18.2 Å². The van der Waals surface area contributed by atoms with Crippen LogP contribution in [0, 0.1) is 6.92 Å². The van der Waals surface area contributed by atoms with Crippen molar-refractivity contribution in [3.63, 3.8) is 0 Å². The maximum atomic E-state index is 11.9. The Morgan fingerprint density at radius 1 is 1.32 bits per heavy atom. The number of hydrogen-bond donors (Lipinski definition) is 1. The lowest BCUT2D eigenvalue weighted by atomic mass is 10.3. The number of carbonyl (C=O) groups is 2. The molecule has 0 aromatic carbocycles. The van der Waals surface area contributed by atoms with Crippen LogP contribution in [-0.4, -0.2) is 34.8 Å². The molecule has 0 saturated carbocycles. The van der Waals surface area contributed by atoms with Crippen LogP contribution in [-0.2, 0) is 9.59 Å². The molecule has 19 heavy (non-hydrogen) atoms. The number of pyridine rings is 1. The molecule has 0 bridgehead atoms. The summed E-state index contributed by atoms with van der Waals surface area (Å²) in [6.07, 6.45) is 3.11. The van der Waals surface area contributed by atoms with Crippen LogP contribution in [0.15, 0.2) is 43.5 Å². The third-order valence-corrected chi connectivity index (χ3v) is 2.31. The summed E-state index contributed by atoms with van der Waals surface area (Å²) >= 11 is 0. The number of nitrogens with zero attached hydrogens (tertiary/aromatic N) is 2. The molecule has 1 heterocycles. The lowest BCUT2D eigenvalue weighted by Crippen LogP contribution is -2.40. The van der Waals surface area contributed by atoms with Gasteiger partial charge < -0.3 is 10.2 Å². The fraction of sp³-hybridized carbons (Fsp3) is 0.214. The molecule has 1 aromatic heterocycles. The zero-order chi connectivity index (χ0) is 14.3. The Bertz CT molecular complexity index is 487. The third-order valence-electron chi connectivity index (χ3n) is 2.31. The van der Waals surface area contributed by atoms with Crippen LogP contribution in [0.2, 0.25) is 0 Å². The maximum Gasteiger partial charge on any atom is 0.315 e. The topological polar surface area (TPSA) is 62.3 Å². The van der Waals surface area contributed by atoms with E-state index in [9.17, 15) is 9.59 Å². The quantitative estimate of drug-likeness (QED) is 0.644. The molecule has 1 rings (SSSR count). The first-order valence-corrected chi connectivity index (χ1v) is 5.84. The summed E-state index contributed by atoms with van der Waals surface area (Å²) < 4.78 is 0. The Morgan fingerprint density at radius 2 is 1.95 bits per heavy atom. The second-order valence-corrected chi connectivity index (χ2v) is 3.91. The lowest BCUT2D eigenvalue weighted by molar-refractivity contribution is -0.142. The van der Waals surface area contributed by atoms with E-state index in [1.807, 2.05) is 0 Å². The van der Waals surface area contributed by atoms with Crippen LogP contribution in [0.25, 0.3) is 0 Å². The van der Waals surface area contributed by atoms with Gasteiger partial charge in [0.25, 0.3) is 0 Å². The fourth-order valence-electron chi connectivity index (χ4n) is 1.48. The zero-order valence-corrected chi connectivity index (χ0v) is 10.9. The van der Waals surface area contributed by atoms with Crippen LogP contribution in [0.4, 0.5) is 5.82 Å². The number of carbonyl (C=O) groups excluding carboxylic acids is 2. The second-order valence-electron chi connectivity index (χ2n) is 3.91.